The van der Waals surface area contributed by atoms with Crippen molar-refractivity contribution >= 4 is 23.5 Å². The number of hydrogen-bond donors (Lipinski definition) is 2. The SMILES string of the molecule is CCCN(CC(=O)N(Cc1ccc(C2CCCCC2)cc1)c1ccc(C(=O)O)c(O)c1)C(=O)c1c(F)c(F)c(F)c(F)c1F. The van der Waals surface area contributed by atoms with Crippen molar-refractivity contribution < 1.29 is 46.5 Å². The molecule has 2 amide bonds. The summed E-state index contributed by atoms with van der Waals surface area (Å²) in [6.45, 7) is 0.384. The van der Waals surface area contributed by atoms with Crippen LogP contribution in [0.3, 0.4) is 0 Å². The van der Waals surface area contributed by atoms with Crippen molar-refractivity contribution in [1.29, 1.82) is 0 Å². The van der Waals surface area contributed by atoms with Crippen LogP contribution in [-0.2, 0) is 11.3 Å². The Hall–Kier alpha value is -4.48. The van der Waals surface area contributed by atoms with Gasteiger partial charge in [0.25, 0.3) is 5.91 Å². The summed E-state index contributed by atoms with van der Waals surface area (Å²) in [5.74, 6) is -15.6. The number of hydrogen-bond acceptors (Lipinski definition) is 4. The normalized spacial score (nSPS) is 13.5. The zero-order valence-electron chi connectivity index (χ0n) is 23.9. The molecule has 3 aromatic rings. The van der Waals surface area contributed by atoms with Crippen molar-refractivity contribution in [1.82, 2.24) is 4.90 Å². The molecule has 1 aliphatic carbocycles. The van der Waals surface area contributed by atoms with E-state index in [0.29, 0.717) is 16.4 Å². The van der Waals surface area contributed by atoms with Crippen molar-refractivity contribution in [2.45, 2.75) is 57.9 Å². The second kappa shape index (κ2) is 13.9. The molecule has 0 heterocycles. The summed E-state index contributed by atoms with van der Waals surface area (Å²) in [5, 5.41) is 19.6. The van der Waals surface area contributed by atoms with Crippen LogP contribution in [0.4, 0.5) is 27.6 Å². The third-order valence-electron chi connectivity index (χ3n) is 7.75. The predicted octanol–water partition coefficient (Wildman–Crippen LogP) is 6.92. The van der Waals surface area contributed by atoms with Gasteiger partial charge in [-0.3, -0.25) is 9.59 Å². The monoisotopic (exact) mass is 618 g/mol. The Bertz CT molecular complexity index is 1530. The molecule has 44 heavy (non-hydrogen) atoms. The van der Waals surface area contributed by atoms with E-state index in [9.17, 15) is 46.5 Å². The molecule has 7 nitrogen and oxygen atoms in total. The zero-order valence-corrected chi connectivity index (χ0v) is 23.9. The van der Waals surface area contributed by atoms with E-state index in [1.54, 1.807) is 6.92 Å². The van der Waals surface area contributed by atoms with Gasteiger partial charge in [0.15, 0.2) is 23.3 Å². The van der Waals surface area contributed by atoms with Crippen LogP contribution in [0, 0.1) is 29.1 Å². The van der Waals surface area contributed by atoms with Gasteiger partial charge in [0.2, 0.25) is 11.7 Å². The van der Waals surface area contributed by atoms with Crippen LogP contribution in [0.15, 0.2) is 42.5 Å². The quantitative estimate of drug-likeness (QED) is 0.146. The highest BCUT2D eigenvalue weighted by Gasteiger charge is 2.33. The second-order valence-corrected chi connectivity index (χ2v) is 10.7. The van der Waals surface area contributed by atoms with Crippen molar-refractivity contribution in [3.63, 3.8) is 0 Å². The summed E-state index contributed by atoms with van der Waals surface area (Å²) in [7, 11) is 0. The standard InChI is InChI=1S/C32H31F5N2O5/c1-2-14-38(31(42)25-26(33)28(35)30(37)29(36)27(25)34)17-24(41)39(21-12-13-22(32(43)44)23(40)15-21)16-18-8-10-20(11-9-18)19-6-4-3-5-7-19/h8-13,15,19,40H,2-7,14,16-17H2,1H3,(H,43,44). The molecule has 0 atom stereocenters. The van der Waals surface area contributed by atoms with Gasteiger partial charge >= 0.3 is 5.97 Å². The molecule has 0 aliphatic heterocycles. The summed E-state index contributed by atoms with van der Waals surface area (Å²) in [6, 6.07) is 11.0. The summed E-state index contributed by atoms with van der Waals surface area (Å²) in [6.07, 6.45) is 5.80. The van der Waals surface area contributed by atoms with Crippen LogP contribution in [0.25, 0.3) is 0 Å². The molecule has 234 valence electrons. The molecule has 0 saturated heterocycles. The van der Waals surface area contributed by atoms with Gasteiger partial charge in [-0.1, -0.05) is 50.5 Å². The van der Waals surface area contributed by atoms with Gasteiger partial charge in [-0.2, -0.15) is 0 Å². The van der Waals surface area contributed by atoms with E-state index < -0.39 is 70.3 Å². The number of phenols is 1. The molecule has 3 aromatic carbocycles. The number of anilines is 1. The third kappa shape index (κ3) is 6.84. The molecule has 0 spiro atoms. The van der Waals surface area contributed by atoms with Gasteiger partial charge in [-0.15, -0.1) is 0 Å². The summed E-state index contributed by atoms with van der Waals surface area (Å²) in [5.41, 5.74) is -0.262. The van der Waals surface area contributed by atoms with Gasteiger partial charge in [-0.25, -0.2) is 26.7 Å². The van der Waals surface area contributed by atoms with E-state index in [1.807, 2.05) is 24.3 Å². The minimum atomic E-state index is -2.42. The van der Waals surface area contributed by atoms with Gasteiger partial charge < -0.3 is 20.0 Å². The second-order valence-electron chi connectivity index (χ2n) is 10.7. The largest absolute Gasteiger partial charge is 0.507 e. The van der Waals surface area contributed by atoms with E-state index in [1.165, 1.54) is 12.5 Å². The molecule has 0 bridgehead atoms. The first-order chi connectivity index (χ1) is 20.9. The number of amides is 2. The van der Waals surface area contributed by atoms with Crippen molar-refractivity contribution in [3.05, 3.63) is 93.8 Å². The van der Waals surface area contributed by atoms with Crippen LogP contribution < -0.4 is 4.90 Å². The molecular weight excluding hydrogens is 587 g/mol. The minimum absolute atomic E-state index is 0.0500. The lowest BCUT2D eigenvalue weighted by molar-refractivity contribution is -0.119. The fraction of sp³-hybridized carbons (Fsp3) is 0.344. The van der Waals surface area contributed by atoms with E-state index >= 15 is 0 Å². The van der Waals surface area contributed by atoms with Gasteiger partial charge in [0, 0.05) is 18.3 Å². The number of carboxylic acid groups (broad SMARTS) is 1. The molecule has 4 rings (SSSR count). The molecule has 0 aromatic heterocycles. The maximum absolute atomic E-state index is 14.5. The Kier molecular flexibility index (Phi) is 10.2. The Morgan fingerprint density at radius 3 is 1.98 bits per heavy atom. The predicted molar refractivity (Wildman–Crippen MR) is 151 cm³/mol. The molecule has 1 aliphatic rings. The van der Waals surface area contributed by atoms with E-state index in [0.717, 1.165) is 48.3 Å². The number of rotatable bonds is 10. The molecule has 2 N–H and O–H groups in total. The van der Waals surface area contributed by atoms with E-state index in [4.69, 9.17) is 0 Å². The molecule has 0 radical (unpaired) electrons. The number of aromatic carboxylic acids is 1. The van der Waals surface area contributed by atoms with Crippen LogP contribution in [0.2, 0.25) is 0 Å². The Morgan fingerprint density at radius 2 is 1.43 bits per heavy atom. The Labute approximate surface area is 250 Å². The van der Waals surface area contributed by atoms with Crippen LogP contribution in [0.5, 0.6) is 5.75 Å². The van der Waals surface area contributed by atoms with Crippen molar-refractivity contribution in [2.75, 3.05) is 18.0 Å². The van der Waals surface area contributed by atoms with Crippen LogP contribution in [-0.4, -0.2) is 46.0 Å². The van der Waals surface area contributed by atoms with Gasteiger partial charge in [0.05, 0.1) is 6.54 Å². The third-order valence-corrected chi connectivity index (χ3v) is 7.75. The highest BCUT2D eigenvalue weighted by atomic mass is 19.2. The number of nitrogens with zero attached hydrogens (tertiary/aromatic N) is 2. The molecule has 0 unspecified atom stereocenters. The maximum Gasteiger partial charge on any atom is 0.339 e. The first-order valence-corrected chi connectivity index (χ1v) is 14.2. The Morgan fingerprint density at radius 1 is 0.841 bits per heavy atom. The fourth-order valence-electron chi connectivity index (χ4n) is 5.43. The Balaban J connectivity index is 1.67. The lowest BCUT2D eigenvalue weighted by Crippen LogP contribution is -2.44. The van der Waals surface area contributed by atoms with Crippen LogP contribution in [0.1, 0.15) is 83.2 Å². The highest BCUT2D eigenvalue weighted by Crippen LogP contribution is 2.33. The fourth-order valence-corrected chi connectivity index (χ4v) is 5.43. The zero-order chi connectivity index (χ0) is 32.1. The average Bonchev–Trinajstić information content (AvgIpc) is 3.02. The summed E-state index contributed by atoms with van der Waals surface area (Å²) < 4.78 is 70.3. The number of aromatic hydroxyl groups is 1. The molecular formula is C32H31F5N2O5. The van der Waals surface area contributed by atoms with Crippen molar-refractivity contribution in [3.8, 4) is 5.75 Å². The van der Waals surface area contributed by atoms with Gasteiger partial charge in [-0.05, 0) is 48.4 Å². The van der Waals surface area contributed by atoms with Crippen LogP contribution >= 0.6 is 0 Å². The van der Waals surface area contributed by atoms with Crippen molar-refractivity contribution in [2.24, 2.45) is 0 Å². The lowest BCUT2D eigenvalue weighted by Gasteiger charge is -2.28. The first kappa shape index (κ1) is 32.4. The molecule has 12 heteroatoms. The summed E-state index contributed by atoms with van der Waals surface area (Å²) >= 11 is 0. The number of benzene rings is 3. The maximum atomic E-state index is 14.5. The number of carbonyl (C=O) groups excluding carboxylic acids is 2. The van der Waals surface area contributed by atoms with E-state index in [2.05, 4.69) is 0 Å². The average molecular weight is 619 g/mol. The smallest absolute Gasteiger partial charge is 0.339 e. The number of halogens is 5. The van der Waals surface area contributed by atoms with E-state index in [-0.39, 0.29) is 25.2 Å². The minimum Gasteiger partial charge on any atom is -0.507 e. The molecule has 1 fully saturated rings. The lowest BCUT2D eigenvalue weighted by atomic mass is 9.84. The molecule has 1 saturated carbocycles. The topological polar surface area (TPSA) is 98.2 Å². The highest BCUT2D eigenvalue weighted by molar-refractivity contribution is 6.01. The van der Waals surface area contributed by atoms with Gasteiger partial charge in [0.1, 0.15) is 23.4 Å². The summed E-state index contributed by atoms with van der Waals surface area (Å²) in [4.78, 5) is 40.1. The number of carbonyl (C=O) groups is 3. The first-order valence-electron chi connectivity index (χ1n) is 14.2. The number of carboxylic acids is 1.